The van der Waals surface area contributed by atoms with E-state index in [1.54, 1.807) is 24.3 Å². The molecule has 2 aromatic rings. The van der Waals surface area contributed by atoms with Crippen LogP contribution in [0.3, 0.4) is 0 Å². The van der Waals surface area contributed by atoms with Crippen LogP contribution in [0, 0.1) is 17.1 Å². The first-order valence-electron chi connectivity index (χ1n) is 8.03. The predicted molar refractivity (Wildman–Crippen MR) is 92.9 cm³/mol. The Bertz CT molecular complexity index is 899. The van der Waals surface area contributed by atoms with E-state index in [1.807, 2.05) is 6.07 Å². The lowest BCUT2D eigenvalue weighted by atomic mass is 10.1. The Morgan fingerprint density at radius 1 is 1.12 bits per heavy atom. The number of hydrogen-bond donors (Lipinski definition) is 1. The van der Waals surface area contributed by atoms with Crippen LogP contribution in [0.25, 0.3) is 0 Å². The molecule has 0 aromatic heterocycles. The van der Waals surface area contributed by atoms with E-state index < -0.39 is 15.8 Å². The molecular formula is C18H18FN3O2S. The summed E-state index contributed by atoms with van der Waals surface area (Å²) in [6, 6.07) is 12.6. The van der Waals surface area contributed by atoms with E-state index in [0.29, 0.717) is 25.3 Å². The maximum atomic E-state index is 13.1. The van der Waals surface area contributed by atoms with Crippen LogP contribution in [0.4, 0.5) is 10.1 Å². The van der Waals surface area contributed by atoms with E-state index in [1.165, 1.54) is 22.5 Å². The van der Waals surface area contributed by atoms with Crippen LogP contribution in [0.15, 0.2) is 47.4 Å². The van der Waals surface area contributed by atoms with Crippen molar-refractivity contribution in [1.82, 2.24) is 4.31 Å². The standard InChI is InChI=1S/C18H18FN3O2S/c19-16-5-8-18(15(11-16)12-20)21-13-14-3-6-17(7-4-14)25(23,24)22-9-1-2-10-22/h3-8,11,21H,1-2,9-10,13H2. The highest BCUT2D eigenvalue weighted by Gasteiger charge is 2.26. The third-order valence-electron chi connectivity index (χ3n) is 4.21. The molecule has 25 heavy (non-hydrogen) atoms. The lowest BCUT2D eigenvalue weighted by Crippen LogP contribution is -2.27. The minimum Gasteiger partial charge on any atom is -0.380 e. The van der Waals surface area contributed by atoms with Crippen molar-refractivity contribution in [3.63, 3.8) is 0 Å². The van der Waals surface area contributed by atoms with E-state index in [4.69, 9.17) is 5.26 Å². The third kappa shape index (κ3) is 3.81. The summed E-state index contributed by atoms with van der Waals surface area (Å²) < 4.78 is 39.6. The Hall–Kier alpha value is -2.43. The number of rotatable bonds is 5. The van der Waals surface area contributed by atoms with Crippen molar-refractivity contribution in [2.24, 2.45) is 0 Å². The zero-order chi connectivity index (χ0) is 17.9. The van der Waals surface area contributed by atoms with Crippen LogP contribution in [0.5, 0.6) is 0 Å². The fourth-order valence-electron chi connectivity index (χ4n) is 2.82. The molecule has 0 amide bonds. The second-order valence-electron chi connectivity index (χ2n) is 5.91. The van der Waals surface area contributed by atoms with Gasteiger partial charge in [-0.25, -0.2) is 12.8 Å². The lowest BCUT2D eigenvalue weighted by molar-refractivity contribution is 0.477. The summed E-state index contributed by atoms with van der Waals surface area (Å²) in [6.45, 7) is 1.56. The second-order valence-corrected chi connectivity index (χ2v) is 7.85. The topological polar surface area (TPSA) is 73.2 Å². The van der Waals surface area contributed by atoms with Gasteiger partial charge in [-0.1, -0.05) is 12.1 Å². The van der Waals surface area contributed by atoms with Gasteiger partial charge >= 0.3 is 0 Å². The van der Waals surface area contributed by atoms with Gasteiger partial charge in [-0.15, -0.1) is 0 Å². The van der Waals surface area contributed by atoms with Crippen LogP contribution < -0.4 is 5.32 Å². The molecule has 0 atom stereocenters. The van der Waals surface area contributed by atoms with Gasteiger partial charge in [0.2, 0.25) is 10.0 Å². The lowest BCUT2D eigenvalue weighted by Gasteiger charge is -2.15. The highest BCUT2D eigenvalue weighted by atomic mass is 32.2. The molecule has 1 saturated heterocycles. The van der Waals surface area contributed by atoms with Gasteiger partial charge in [-0.3, -0.25) is 0 Å². The molecule has 0 unspecified atom stereocenters. The molecule has 1 heterocycles. The largest absolute Gasteiger partial charge is 0.380 e. The number of nitrogens with one attached hydrogen (secondary N) is 1. The molecule has 130 valence electrons. The van der Waals surface area contributed by atoms with E-state index in [9.17, 15) is 12.8 Å². The number of nitrogens with zero attached hydrogens (tertiary/aromatic N) is 2. The van der Waals surface area contributed by atoms with E-state index >= 15 is 0 Å². The molecule has 0 bridgehead atoms. The van der Waals surface area contributed by atoms with Gasteiger partial charge in [0.15, 0.2) is 0 Å². The van der Waals surface area contributed by atoms with Crippen molar-refractivity contribution in [2.75, 3.05) is 18.4 Å². The Morgan fingerprint density at radius 3 is 2.44 bits per heavy atom. The van der Waals surface area contributed by atoms with Gasteiger partial charge in [0.1, 0.15) is 11.9 Å². The molecule has 7 heteroatoms. The van der Waals surface area contributed by atoms with E-state index in [2.05, 4.69) is 5.32 Å². The second kappa shape index (κ2) is 7.21. The minimum absolute atomic E-state index is 0.230. The van der Waals surface area contributed by atoms with Gasteiger partial charge in [-0.05, 0) is 48.7 Å². The van der Waals surface area contributed by atoms with Crippen molar-refractivity contribution in [3.05, 3.63) is 59.4 Å². The predicted octanol–water partition coefficient (Wildman–Crippen LogP) is 3.09. The first kappa shape index (κ1) is 17.4. The maximum Gasteiger partial charge on any atom is 0.243 e. The number of anilines is 1. The number of nitriles is 1. The van der Waals surface area contributed by atoms with Crippen molar-refractivity contribution >= 4 is 15.7 Å². The molecule has 1 aliphatic rings. The smallest absolute Gasteiger partial charge is 0.243 e. The van der Waals surface area contributed by atoms with Gasteiger partial charge in [-0.2, -0.15) is 9.57 Å². The highest BCUT2D eigenvalue weighted by molar-refractivity contribution is 7.89. The van der Waals surface area contributed by atoms with Crippen LogP contribution in [0.1, 0.15) is 24.0 Å². The normalized spacial score (nSPS) is 15.0. The van der Waals surface area contributed by atoms with Crippen molar-refractivity contribution in [1.29, 1.82) is 5.26 Å². The summed E-state index contributed by atoms with van der Waals surface area (Å²) in [4.78, 5) is 0.289. The average molecular weight is 359 g/mol. The number of sulfonamides is 1. The average Bonchev–Trinajstić information content (AvgIpc) is 3.16. The van der Waals surface area contributed by atoms with Crippen LogP contribution >= 0.6 is 0 Å². The summed E-state index contributed by atoms with van der Waals surface area (Å²) in [5.41, 5.74) is 1.64. The summed E-state index contributed by atoms with van der Waals surface area (Å²) in [7, 11) is -3.41. The zero-order valence-corrected chi connectivity index (χ0v) is 14.4. The molecule has 1 aliphatic heterocycles. The fraction of sp³-hybridized carbons (Fsp3) is 0.278. The van der Waals surface area contributed by atoms with Gasteiger partial charge in [0.25, 0.3) is 0 Å². The van der Waals surface area contributed by atoms with Crippen LogP contribution in [0.2, 0.25) is 0 Å². The van der Waals surface area contributed by atoms with Crippen LogP contribution in [-0.4, -0.2) is 25.8 Å². The highest BCUT2D eigenvalue weighted by Crippen LogP contribution is 2.22. The Morgan fingerprint density at radius 2 is 1.80 bits per heavy atom. The van der Waals surface area contributed by atoms with E-state index in [0.717, 1.165) is 18.4 Å². The first-order chi connectivity index (χ1) is 12.0. The molecule has 1 N–H and O–H groups in total. The first-order valence-corrected chi connectivity index (χ1v) is 9.47. The molecule has 3 rings (SSSR count). The molecule has 0 aliphatic carbocycles. The minimum atomic E-state index is -3.41. The maximum absolute atomic E-state index is 13.1. The number of halogens is 1. The van der Waals surface area contributed by atoms with E-state index in [-0.39, 0.29) is 10.5 Å². The molecular weight excluding hydrogens is 341 g/mol. The summed E-state index contributed by atoms with van der Waals surface area (Å²) in [6.07, 6.45) is 1.81. The van der Waals surface area contributed by atoms with Crippen molar-refractivity contribution in [2.45, 2.75) is 24.3 Å². The molecule has 2 aromatic carbocycles. The zero-order valence-electron chi connectivity index (χ0n) is 13.6. The van der Waals surface area contributed by atoms with Gasteiger partial charge < -0.3 is 5.32 Å². The molecule has 0 radical (unpaired) electrons. The third-order valence-corrected chi connectivity index (χ3v) is 6.12. The number of hydrogen-bond acceptors (Lipinski definition) is 4. The summed E-state index contributed by atoms with van der Waals surface area (Å²) in [5.74, 6) is -0.460. The quantitative estimate of drug-likeness (QED) is 0.890. The molecule has 0 spiro atoms. The Labute approximate surface area is 146 Å². The SMILES string of the molecule is N#Cc1cc(F)ccc1NCc1ccc(S(=O)(=O)N2CCCC2)cc1. The Kier molecular flexibility index (Phi) is 5.02. The molecule has 5 nitrogen and oxygen atoms in total. The molecule has 1 fully saturated rings. The summed E-state index contributed by atoms with van der Waals surface area (Å²) in [5, 5.41) is 12.1. The van der Waals surface area contributed by atoms with Crippen molar-refractivity contribution < 1.29 is 12.8 Å². The van der Waals surface area contributed by atoms with Crippen LogP contribution in [-0.2, 0) is 16.6 Å². The Balaban J connectivity index is 1.70. The summed E-state index contributed by atoms with van der Waals surface area (Å²) >= 11 is 0. The molecule has 0 saturated carbocycles. The fourth-order valence-corrected chi connectivity index (χ4v) is 4.33. The van der Waals surface area contributed by atoms with Gasteiger partial charge in [0.05, 0.1) is 16.1 Å². The van der Waals surface area contributed by atoms with Gasteiger partial charge in [0, 0.05) is 19.6 Å². The number of benzene rings is 2. The van der Waals surface area contributed by atoms with Crippen molar-refractivity contribution in [3.8, 4) is 6.07 Å². The monoisotopic (exact) mass is 359 g/mol.